The molecular weight excluding hydrogens is 210 g/mol. The number of hydrogen-bond acceptors (Lipinski definition) is 3. The Hall–Kier alpha value is -1.26. The molecule has 1 aliphatic heterocycles. The molecule has 0 atom stereocenters. The molecule has 92 valence electrons. The number of amides is 1. The maximum atomic E-state index is 12.2. The molecule has 0 aliphatic carbocycles. The van der Waals surface area contributed by atoms with Crippen LogP contribution in [0.1, 0.15) is 44.5 Å². The highest BCUT2D eigenvalue weighted by Crippen LogP contribution is 2.19. The summed E-state index contributed by atoms with van der Waals surface area (Å²) in [5, 5.41) is 9.14. The first-order valence-corrected chi connectivity index (χ1v) is 4.58. The van der Waals surface area contributed by atoms with Gasteiger partial charge in [-0.2, -0.15) is 0 Å². The molecule has 5 nitrogen and oxygen atoms in total. The van der Waals surface area contributed by atoms with Crippen molar-refractivity contribution in [3.63, 3.8) is 0 Å². The lowest BCUT2D eigenvalue weighted by atomic mass is 9.97. The van der Waals surface area contributed by atoms with Gasteiger partial charge in [0.1, 0.15) is 5.60 Å². The average Bonchev–Trinajstić information content (AvgIpc) is 2.21. The van der Waals surface area contributed by atoms with E-state index in [0.29, 0.717) is 0 Å². The van der Waals surface area contributed by atoms with Crippen LogP contribution in [0.2, 0.25) is 0 Å². The van der Waals surface area contributed by atoms with Crippen LogP contribution in [0.25, 0.3) is 0 Å². The van der Waals surface area contributed by atoms with Gasteiger partial charge in [0.2, 0.25) is 0 Å². The Kier molecular flexibility index (Phi) is 1.59. The van der Waals surface area contributed by atoms with Gasteiger partial charge < -0.3 is 14.7 Å². The zero-order valence-corrected chi connectivity index (χ0v) is 9.20. The molecule has 1 fully saturated rings. The molecule has 16 heavy (non-hydrogen) atoms. The Labute approximate surface area is 107 Å². The van der Waals surface area contributed by atoms with Crippen LogP contribution in [-0.4, -0.2) is 40.7 Å². The van der Waals surface area contributed by atoms with Gasteiger partial charge in [0.15, 0.2) is 0 Å². The number of aliphatic carboxylic acids is 1. The standard InChI is InChI=1S/C11H19NO4/c1-11(2,3)16-10(15)12-6-4-8(5-7-12)9(13)14/h8H,4-7H2,1-3H3,(H,13,14)/i4D2,5D2,6D2,7D2. The summed E-state index contributed by atoms with van der Waals surface area (Å²) in [5.74, 6) is -4.74. The second-order valence-corrected chi connectivity index (χ2v) is 4.10. The molecule has 0 aromatic rings. The third-order valence-electron chi connectivity index (χ3n) is 1.46. The zero-order valence-electron chi connectivity index (χ0n) is 17.2. The smallest absolute Gasteiger partial charge is 0.410 e. The summed E-state index contributed by atoms with van der Waals surface area (Å²) in [5.41, 5.74) is -1.19. The highest BCUT2D eigenvalue weighted by atomic mass is 16.6. The van der Waals surface area contributed by atoms with Crippen LogP contribution >= 0.6 is 0 Å². The Balaban J connectivity index is 3.61. The lowest BCUT2D eigenvalue weighted by Gasteiger charge is -2.32. The Morgan fingerprint density at radius 2 is 1.88 bits per heavy atom. The van der Waals surface area contributed by atoms with Gasteiger partial charge in [-0.15, -0.1) is 0 Å². The van der Waals surface area contributed by atoms with Crippen molar-refractivity contribution >= 4 is 12.1 Å². The quantitative estimate of drug-likeness (QED) is 0.754. The number of piperidine rings is 1. The Morgan fingerprint density at radius 3 is 2.25 bits per heavy atom. The van der Waals surface area contributed by atoms with Crippen molar-refractivity contribution in [1.82, 2.24) is 4.90 Å². The lowest BCUT2D eigenvalue weighted by molar-refractivity contribution is -0.143. The molecule has 1 amide bonds. The van der Waals surface area contributed by atoms with Crippen LogP contribution in [0.15, 0.2) is 0 Å². The van der Waals surface area contributed by atoms with Crippen LogP contribution in [0.5, 0.6) is 0 Å². The van der Waals surface area contributed by atoms with Crippen LogP contribution in [-0.2, 0) is 9.53 Å². The molecule has 1 aliphatic rings. The molecule has 0 aromatic heterocycles. The van der Waals surface area contributed by atoms with E-state index in [1.807, 2.05) is 0 Å². The molecular formula is C11H19NO4. The van der Waals surface area contributed by atoms with E-state index in [4.69, 9.17) is 20.8 Å². The number of nitrogens with zero attached hydrogens (tertiary/aromatic N) is 1. The number of carboxylic acid groups (broad SMARTS) is 1. The Bertz CT molecular complexity index is 529. The molecule has 0 saturated carbocycles. The lowest BCUT2D eigenvalue weighted by Crippen LogP contribution is -2.42. The second kappa shape index (κ2) is 4.72. The number of carbonyl (C=O) groups is 2. The molecule has 1 N–H and O–H groups in total. The van der Waals surface area contributed by atoms with Crippen LogP contribution < -0.4 is 0 Å². The van der Waals surface area contributed by atoms with E-state index >= 15 is 0 Å². The fourth-order valence-electron chi connectivity index (χ4n) is 0.845. The summed E-state index contributed by atoms with van der Waals surface area (Å²) >= 11 is 0. The molecule has 1 heterocycles. The number of rotatable bonds is 1. The van der Waals surface area contributed by atoms with Gasteiger partial charge in [-0.1, -0.05) is 0 Å². The van der Waals surface area contributed by atoms with Crippen molar-refractivity contribution in [3.8, 4) is 0 Å². The van der Waals surface area contributed by atoms with Gasteiger partial charge >= 0.3 is 12.1 Å². The maximum absolute atomic E-state index is 12.2. The van der Waals surface area contributed by atoms with E-state index in [9.17, 15) is 9.59 Å². The molecule has 0 radical (unpaired) electrons. The van der Waals surface area contributed by atoms with Gasteiger partial charge in [-0.05, 0) is 33.5 Å². The van der Waals surface area contributed by atoms with E-state index in [0.717, 1.165) is 0 Å². The minimum atomic E-state index is -3.48. The van der Waals surface area contributed by atoms with Crippen molar-refractivity contribution in [2.45, 2.75) is 39.1 Å². The predicted molar refractivity (Wildman–Crippen MR) is 58.2 cm³/mol. The highest BCUT2D eigenvalue weighted by molar-refractivity contribution is 5.71. The van der Waals surface area contributed by atoms with Crippen molar-refractivity contribution in [2.24, 2.45) is 5.92 Å². The van der Waals surface area contributed by atoms with E-state index < -0.39 is 49.3 Å². The van der Waals surface area contributed by atoms with Crippen molar-refractivity contribution < 1.29 is 30.4 Å². The van der Waals surface area contributed by atoms with E-state index in [1.54, 1.807) is 0 Å². The van der Waals surface area contributed by atoms with Gasteiger partial charge in [-0.3, -0.25) is 4.79 Å². The van der Waals surface area contributed by atoms with Crippen molar-refractivity contribution in [3.05, 3.63) is 0 Å². The van der Waals surface area contributed by atoms with E-state index in [2.05, 4.69) is 0 Å². The number of hydrogen-bond donors (Lipinski definition) is 1. The minimum Gasteiger partial charge on any atom is -0.481 e. The summed E-state index contributed by atoms with van der Waals surface area (Å²) < 4.78 is 67.2. The topological polar surface area (TPSA) is 66.8 Å². The zero-order chi connectivity index (χ0) is 19.5. The number of carboxylic acids is 1. The largest absolute Gasteiger partial charge is 0.481 e. The van der Waals surface area contributed by atoms with Gasteiger partial charge in [0.25, 0.3) is 0 Å². The Morgan fingerprint density at radius 1 is 1.38 bits per heavy atom. The van der Waals surface area contributed by atoms with Crippen molar-refractivity contribution in [2.75, 3.05) is 13.0 Å². The number of likely N-dealkylation sites (tertiary alicyclic amines) is 1. The van der Waals surface area contributed by atoms with Gasteiger partial charge in [-0.25, -0.2) is 4.79 Å². The molecule has 0 unspecified atom stereocenters. The van der Waals surface area contributed by atoms with Gasteiger partial charge in [0.05, 0.1) is 5.92 Å². The first-order valence-electron chi connectivity index (χ1n) is 8.58. The monoisotopic (exact) mass is 237 g/mol. The summed E-state index contributed by atoms with van der Waals surface area (Å²) in [4.78, 5) is 23.2. The van der Waals surface area contributed by atoms with Crippen molar-refractivity contribution in [1.29, 1.82) is 0 Å². The molecule has 1 saturated heterocycles. The summed E-state index contributed by atoms with van der Waals surface area (Å²) in [6.07, 6.45) is -8.48. The minimum absolute atomic E-state index is 0.329. The number of ether oxygens (including phenoxy) is 1. The van der Waals surface area contributed by atoms with E-state index in [1.165, 1.54) is 20.8 Å². The van der Waals surface area contributed by atoms with Crippen LogP contribution in [0, 0.1) is 5.92 Å². The van der Waals surface area contributed by atoms with Crippen LogP contribution in [0.4, 0.5) is 4.79 Å². The average molecular weight is 237 g/mol. The third-order valence-corrected chi connectivity index (χ3v) is 1.46. The predicted octanol–water partition coefficient (Wildman–Crippen LogP) is 1.72. The molecule has 0 bridgehead atoms. The van der Waals surface area contributed by atoms with Crippen LogP contribution in [0.3, 0.4) is 0 Å². The molecule has 0 aromatic carbocycles. The summed E-state index contributed by atoms with van der Waals surface area (Å²) in [6.45, 7) is -2.74. The number of carbonyl (C=O) groups excluding carboxylic acids is 1. The normalized spacial score (nSPS) is 38.3. The SMILES string of the molecule is [2H]C1([2H])C(C(=O)O)C([2H])([2H])C([2H])([2H])N(C(=O)OC(C)(C)C)C1([2H])[2H]. The third kappa shape index (κ3) is 3.72. The first kappa shape index (κ1) is 5.38. The molecule has 1 rings (SSSR count). The molecule has 0 spiro atoms. The first-order chi connectivity index (χ1) is 10.3. The maximum Gasteiger partial charge on any atom is 0.410 e. The second-order valence-electron chi connectivity index (χ2n) is 4.10. The van der Waals surface area contributed by atoms with E-state index in [-0.39, 0.29) is 4.90 Å². The summed E-state index contributed by atoms with van der Waals surface area (Å²) in [6, 6.07) is 0. The molecule has 5 heteroatoms. The van der Waals surface area contributed by atoms with Gasteiger partial charge in [0, 0.05) is 24.0 Å². The fraction of sp³-hybridized carbons (Fsp3) is 0.818. The summed E-state index contributed by atoms with van der Waals surface area (Å²) in [7, 11) is 0. The fourth-order valence-corrected chi connectivity index (χ4v) is 0.845. The highest BCUT2D eigenvalue weighted by Gasteiger charge is 2.29.